The van der Waals surface area contributed by atoms with E-state index >= 15 is 0 Å². The van der Waals surface area contributed by atoms with Crippen molar-refractivity contribution in [2.24, 2.45) is 0 Å². The molecule has 0 fully saturated rings. The van der Waals surface area contributed by atoms with E-state index in [0.29, 0.717) is 0 Å². The van der Waals surface area contributed by atoms with Crippen molar-refractivity contribution in [3.8, 4) is 0 Å². The fraction of sp³-hybridized carbons (Fsp3) is 0.208. The second-order valence-electron chi connectivity index (χ2n) is 7.49. The van der Waals surface area contributed by atoms with Crippen LogP contribution in [-0.2, 0) is 21.4 Å². The van der Waals surface area contributed by atoms with Crippen molar-refractivity contribution in [1.82, 2.24) is 9.62 Å². The molecule has 0 aliphatic heterocycles. The van der Waals surface area contributed by atoms with E-state index in [-0.39, 0.29) is 28.1 Å². The van der Waals surface area contributed by atoms with E-state index in [1.54, 1.807) is 19.1 Å². The molecule has 5 nitrogen and oxygen atoms in total. The van der Waals surface area contributed by atoms with E-state index in [1.807, 2.05) is 37.3 Å². The van der Waals surface area contributed by atoms with E-state index in [9.17, 15) is 17.6 Å². The average Bonchev–Trinajstić information content (AvgIpc) is 2.76. The van der Waals surface area contributed by atoms with Gasteiger partial charge in [0.25, 0.3) is 0 Å². The van der Waals surface area contributed by atoms with Crippen molar-refractivity contribution < 1.29 is 17.6 Å². The van der Waals surface area contributed by atoms with E-state index < -0.39 is 28.3 Å². The number of benzene rings is 3. The molecule has 3 aromatic rings. The van der Waals surface area contributed by atoms with Crippen LogP contribution in [0.4, 0.5) is 4.39 Å². The first-order valence-electron chi connectivity index (χ1n) is 10.0. The van der Waals surface area contributed by atoms with Gasteiger partial charge in [-0.15, -0.1) is 0 Å². The number of aryl methyl sites for hydroxylation is 1. The maximum atomic E-state index is 14.4. The minimum absolute atomic E-state index is 0.00811. The van der Waals surface area contributed by atoms with Gasteiger partial charge in [0.1, 0.15) is 5.82 Å². The summed E-state index contributed by atoms with van der Waals surface area (Å²) in [7, 11) is -4.10. The Morgan fingerprint density at radius 2 is 1.69 bits per heavy atom. The van der Waals surface area contributed by atoms with Crippen molar-refractivity contribution in [2.75, 3.05) is 6.54 Å². The van der Waals surface area contributed by atoms with Gasteiger partial charge in [-0.1, -0.05) is 65.7 Å². The molecule has 32 heavy (non-hydrogen) atoms. The highest BCUT2D eigenvalue weighted by atomic mass is 35.5. The lowest BCUT2D eigenvalue weighted by atomic mass is 10.1. The van der Waals surface area contributed by atoms with Crippen LogP contribution in [0.1, 0.15) is 29.7 Å². The van der Waals surface area contributed by atoms with Gasteiger partial charge in [0.05, 0.1) is 17.5 Å². The molecule has 3 aromatic carbocycles. The number of nitrogens with one attached hydrogen (secondary N) is 1. The summed E-state index contributed by atoms with van der Waals surface area (Å²) in [4.78, 5) is 12.8. The van der Waals surface area contributed by atoms with Crippen molar-refractivity contribution in [3.63, 3.8) is 0 Å². The molecule has 3 rings (SSSR count). The van der Waals surface area contributed by atoms with Gasteiger partial charge < -0.3 is 5.32 Å². The largest absolute Gasteiger partial charge is 0.348 e. The Kier molecular flexibility index (Phi) is 7.66. The fourth-order valence-electron chi connectivity index (χ4n) is 3.22. The van der Waals surface area contributed by atoms with E-state index in [4.69, 9.17) is 11.6 Å². The highest BCUT2D eigenvalue weighted by Gasteiger charge is 2.29. The molecule has 0 saturated heterocycles. The first-order chi connectivity index (χ1) is 15.2. The molecule has 0 aromatic heterocycles. The summed E-state index contributed by atoms with van der Waals surface area (Å²) in [5, 5.41) is 2.89. The number of carbonyl (C=O) groups is 1. The molecule has 0 radical (unpaired) electrons. The number of hydrogen-bond donors (Lipinski definition) is 1. The molecule has 168 valence electrons. The second-order valence-corrected chi connectivity index (χ2v) is 9.83. The van der Waals surface area contributed by atoms with Gasteiger partial charge in [-0.05, 0) is 43.7 Å². The van der Waals surface area contributed by atoms with Gasteiger partial charge in [0.15, 0.2) is 0 Å². The highest BCUT2D eigenvalue weighted by Crippen LogP contribution is 2.25. The zero-order valence-electron chi connectivity index (χ0n) is 17.8. The van der Waals surface area contributed by atoms with Crippen LogP contribution in [0.25, 0.3) is 0 Å². The van der Waals surface area contributed by atoms with Gasteiger partial charge in [-0.2, -0.15) is 4.31 Å². The predicted octanol–water partition coefficient (Wildman–Crippen LogP) is 4.86. The minimum Gasteiger partial charge on any atom is -0.348 e. The summed E-state index contributed by atoms with van der Waals surface area (Å²) in [5.74, 6) is -1.15. The minimum atomic E-state index is -4.10. The lowest BCUT2D eigenvalue weighted by molar-refractivity contribution is -0.122. The van der Waals surface area contributed by atoms with E-state index in [2.05, 4.69) is 5.32 Å². The Morgan fingerprint density at radius 1 is 1.03 bits per heavy atom. The van der Waals surface area contributed by atoms with Gasteiger partial charge in [0, 0.05) is 17.1 Å². The number of nitrogens with zero attached hydrogens (tertiary/aromatic N) is 1. The maximum absolute atomic E-state index is 14.4. The Balaban J connectivity index is 1.89. The molecule has 0 aliphatic carbocycles. The molecule has 0 aliphatic rings. The van der Waals surface area contributed by atoms with E-state index in [1.165, 1.54) is 30.3 Å². The zero-order chi connectivity index (χ0) is 23.3. The number of halogens is 2. The SMILES string of the molecule is Cc1ccc(S(=O)(=O)N(CC(=O)N[C@@H](C)c2ccccc2)Cc2c(F)cccc2Cl)cc1. The summed E-state index contributed by atoms with van der Waals surface area (Å²) < 4.78 is 42.0. The summed E-state index contributed by atoms with van der Waals surface area (Å²) in [6, 6.07) is 19.4. The van der Waals surface area contributed by atoms with Crippen molar-refractivity contribution in [1.29, 1.82) is 0 Å². The Labute approximate surface area is 192 Å². The molecule has 8 heteroatoms. The molecule has 1 amide bonds. The Bertz CT molecular complexity index is 1170. The predicted molar refractivity (Wildman–Crippen MR) is 123 cm³/mol. The maximum Gasteiger partial charge on any atom is 0.243 e. The number of amides is 1. The number of rotatable bonds is 8. The molecule has 0 heterocycles. The van der Waals surface area contributed by atoms with Crippen LogP contribution in [0.5, 0.6) is 0 Å². The molecule has 0 bridgehead atoms. The molecule has 1 atom stereocenters. The van der Waals surface area contributed by atoms with Crippen LogP contribution < -0.4 is 5.32 Å². The van der Waals surface area contributed by atoms with Gasteiger partial charge in [0.2, 0.25) is 15.9 Å². The number of hydrogen-bond acceptors (Lipinski definition) is 3. The van der Waals surface area contributed by atoms with Crippen LogP contribution in [0.3, 0.4) is 0 Å². The van der Waals surface area contributed by atoms with E-state index in [0.717, 1.165) is 15.4 Å². The first kappa shape index (κ1) is 23.9. The lowest BCUT2D eigenvalue weighted by Gasteiger charge is -2.24. The second kappa shape index (κ2) is 10.3. The van der Waals surface area contributed by atoms with Crippen molar-refractivity contribution in [3.05, 3.63) is 100 Å². The number of carbonyl (C=O) groups excluding carboxylic acids is 1. The van der Waals surface area contributed by atoms with Crippen molar-refractivity contribution >= 4 is 27.5 Å². The van der Waals surface area contributed by atoms with Crippen LogP contribution in [-0.4, -0.2) is 25.2 Å². The molecule has 0 spiro atoms. The summed E-state index contributed by atoms with van der Waals surface area (Å²) in [6.45, 7) is 2.78. The molecule has 1 N–H and O–H groups in total. The highest BCUT2D eigenvalue weighted by molar-refractivity contribution is 7.89. The van der Waals surface area contributed by atoms with Crippen LogP contribution in [0.15, 0.2) is 77.7 Å². The smallest absolute Gasteiger partial charge is 0.243 e. The van der Waals surface area contributed by atoms with Crippen LogP contribution in [0, 0.1) is 12.7 Å². The third kappa shape index (κ3) is 5.73. The van der Waals surface area contributed by atoms with Crippen LogP contribution in [0.2, 0.25) is 5.02 Å². The summed E-state index contributed by atoms with van der Waals surface area (Å²) >= 11 is 6.13. The zero-order valence-corrected chi connectivity index (χ0v) is 19.3. The standard InChI is InChI=1S/C24H24ClFN2O3S/c1-17-11-13-20(14-12-17)32(30,31)28(15-21-22(25)9-6-10-23(21)26)16-24(29)27-18(2)19-7-4-3-5-8-19/h3-14,18H,15-16H2,1-2H3,(H,27,29)/t18-/m0/s1. The first-order valence-corrected chi connectivity index (χ1v) is 11.8. The van der Waals surface area contributed by atoms with Gasteiger partial charge in [-0.3, -0.25) is 4.79 Å². The molecule has 0 saturated carbocycles. The monoisotopic (exact) mass is 474 g/mol. The van der Waals surface area contributed by atoms with Gasteiger partial charge in [-0.25, -0.2) is 12.8 Å². The molecular weight excluding hydrogens is 451 g/mol. The topological polar surface area (TPSA) is 66.5 Å². The number of sulfonamides is 1. The molecular formula is C24H24ClFN2O3S. The summed E-state index contributed by atoms with van der Waals surface area (Å²) in [5.41, 5.74) is 1.78. The molecule has 0 unspecified atom stereocenters. The normalized spacial score (nSPS) is 12.5. The lowest BCUT2D eigenvalue weighted by Crippen LogP contribution is -2.41. The van der Waals surface area contributed by atoms with Crippen LogP contribution >= 0.6 is 11.6 Å². The fourth-order valence-corrected chi connectivity index (χ4v) is 4.80. The van der Waals surface area contributed by atoms with Gasteiger partial charge >= 0.3 is 0 Å². The summed E-state index contributed by atoms with van der Waals surface area (Å²) in [6.07, 6.45) is 0. The third-order valence-electron chi connectivity index (χ3n) is 5.05. The third-order valence-corrected chi connectivity index (χ3v) is 7.21. The Hall–Kier alpha value is -2.74. The Morgan fingerprint density at radius 3 is 2.31 bits per heavy atom. The average molecular weight is 475 g/mol. The van der Waals surface area contributed by atoms with Crippen molar-refractivity contribution in [2.45, 2.75) is 31.3 Å². The quantitative estimate of drug-likeness (QED) is 0.507.